The van der Waals surface area contributed by atoms with Gasteiger partial charge >= 0.3 is 0 Å². The zero-order chi connectivity index (χ0) is 21.5. The lowest BCUT2D eigenvalue weighted by atomic mass is 9.82. The van der Waals surface area contributed by atoms with Crippen LogP contribution in [-0.4, -0.2) is 47.9 Å². The van der Waals surface area contributed by atoms with Crippen LogP contribution in [0.2, 0.25) is 0 Å². The summed E-state index contributed by atoms with van der Waals surface area (Å²) in [4.78, 5) is 18.0. The molecule has 172 valence electrons. The van der Waals surface area contributed by atoms with E-state index in [1.807, 2.05) is 0 Å². The number of carbonyl (C=O) groups is 1. The molecule has 0 radical (unpaired) electrons. The molecule has 3 nitrogen and oxygen atoms in total. The average Bonchev–Trinajstić information content (AvgIpc) is 2.70. The molecule has 3 heteroatoms. The van der Waals surface area contributed by atoms with Gasteiger partial charge in [-0.05, 0) is 102 Å². The Labute approximate surface area is 186 Å². The second-order valence-corrected chi connectivity index (χ2v) is 11.2. The highest BCUT2D eigenvalue weighted by molar-refractivity contribution is 5.80. The van der Waals surface area contributed by atoms with Crippen molar-refractivity contribution in [1.29, 1.82) is 0 Å². The molecule has 2 unspecified atom stereocenters. The van der Waals surface area contributed by atoms with Gasteiger partial charge in [0.2, 0.25) is 5.91 Å². The van der Waals surface area contributed by atoms with Gasteiger partial charge in [0.05, 0.1) is 5.92 Å². The van der Waals surface area contributed by atoms with E-state index in [2.05, 4.69) is 49.6 Å². The van der Waals surface area contributed by atoms with Crippen LogP contribution in [0, 0.1) is 29.6 Å². The standard InChI is InChI=1S/C27H48N2O/c1-21(2)19-23-7-5-6-8-26(10-9-23)27(30)29-17-13-25(14-18-29)20-24-11-15-28(16-12-24)22(3)4/h9-10,21-26H,5-8,11-20H2,1-4H3/b10-9-. The van der Waals surface area contributed by atoms with Crippen LogP contribution in [0.1, 0.15) is 91.9 Å². The Morgan fingerprint density at radius 2 is 1.43 bits per heavy atom. The van der Waals surface area contributed by atoms with Gasteiger partial charge in [-0.1, -0.05) is 38.8 Å². The molecule has 0 aromatic heterocycles. The SMILES string of the molecule is CC(C)CC1/C=C\C(C(=O)N2CCC(CC3CCN(C(C)C)CC3)CC2)CCCC1. The van der Waals surface area contributed by atoms with Crippen molar-refractivity contribution in [1.82, 2.24) is 9.80 Å². The van der Waals surface area contributed by atoms with E-state index >= 15 is 0 Å². The van der Waals surface area contributed by atoms with E-state index < -0.39 is 0 Å². The first-order valence-corrected chi connectivity index (χ1v) is 13.1. The van der Waals surface area contributed by atoms with Gasteiger partial charge in [0, 0.05) is 19.1 Å². The van der Waals surface area contributed by atoms with Crippen LogP contribution in [0.3, 0.4) is 0 Å². The summed E-state index contributed by atoms with van der Waals surface area (Å²) in [6.07, 6.45) is 17.4. The fourth-order valence-electron chi connectivity index (χ4n) is 6.06. The smallest absolute Gasteiger partial charge is 0.229 e. The summed E-state index contributed by atoms with van der Waals surface area (Å²) in [5.74, 6) is 3.72. The molecule has 2 saturated heterocycles. The summed E-state index contributed by atoms with van der Waals surface area (Å²) in [7, 11) is 0. The number of hydrogen-bond donors (Lipinski definition) is 0. The van der Waals surface area contributed by atoms with E-state index in [4.69, 9.17) is 0 Å². The Balaban J connectivity index is 1.43. The third-order valence-corrected chi connectivity index (χ3v) is 8.02. The molecule has 1 aliphatic carbocycles. The molecule has 0 bridgehead atoms. The fourth-order valence-corrected chi connectivity index (χ4v) is 6.06. The molecule has 3 aliphatic rings. The fraction of sp³-hybridized carbons (Fsp3) is 0.889. The summed E-state index contributed by atoms with van der Waals surface area (Å²) in [5, 5.41) is 0. The van der Waals surface area contributed by atoms with Crippen LogP contribution in [-0.2, 0) is 4.79 Å². The molecule has 2 aliphatic heterocycles. The number of amides is 1. The summed E-state index contributed by atoms with van der Waals surface area (Å²) in [6, 6.07) is 0.697. The lowest BCUT2D eigenvalue weighted by molar-refractivity contribution is -0.135. The summed E-state index contributed by atoms with van der Waals surface area (Å²) >= 11 is 0. The minimum atomic E-state index is 0.136. The molecule has 3 rings (SSSR count). The Hall–Kier alpha value is -0.830. The molecular weight excluding hydrogens is 368 g/mol. The zero-order valence-corrected chi connectivity index (χ0v) is 20.3. The number of hydrogen-bond acceptors (Lipinski definition) is 2. The molecule has 2 atom stereocenters. The van der Waals surface area contributed by atoms with Crippen LogP contribution in [0.25, 0.3) is 0 Å². The van der Waals surface area contributed by atoms with Crippen LogP contribution < -0.4 is 0 Å². The first-order chi connectivity index (χ1) is 14.4. The lowest BCUT2D eigenvalue weighted by Crippen LogP contribution is -2.42. The van der Waals surface area contributed by atoms with E-state index in [1.165, 1.54) is 70.9 Å². The second kappa shape index (κ2) is 11.7. The maximum atomic E-state index is 13.2. The van der Waals surface area contributed by atoms with E-state index in [1.54, 1.807) is 0 Å². The molecule has 0 saturated carbocycles. The van der Waals surface area contributed by atoms with Gasteiger partial charge in [0.15, 0.2) is 0 Å². The minimum Gasteiger partial charge on any atom is -0.342 e. The van der Waals surface area contributed by atoms with Crippen molar-refractivity contribution in [3.8, 4) is 0 Å². The molecule has 2 heterocycles. The average molecular weight is 417 g/mol. The van der Waals surface area contributed by atoms with Gasteiger partial charge < -0.3 is 9.80 Å². The number of piperidine rings is 2. The van der Waals surface area contributed by atoms with Crippen molar-refractivity contribution < 1.29 is 4.79 Å². The van der Waals surface area contributed by atoms with Gasteiger partial charge in [-0.3, -0.25) is 4.79 Å². The highest BCUT2D eigenvalue weighted by Crippen LogP contribution is 2.32. The lowest BCUT2D eigenvalue weighted by Gasteiger charge is -2.38. The van der Waals surface area contributed by atoms with Gasteiger partial charge in [0.1, 0.15) is 0 Å². The number of carbonyl (C=O) groups excluding carboxylic acids is 1. The Morgan fingerprint density at radius 3 is 2.03 bits per heavy atom. The van der Waals surface area contributed by atoms with Crippen molar-refractivity contribution in [2.75, 3.05) is 26.2 Å². The van der Waals surface area contributed by atoms with Crippen molar-refractivity contribution in [3.05, 3.63) is 12.2 Å². The molecule has 30 heavy (non-hydrogen) atoms. The Bertz CT molecular complexity index is 539. The Kier molecular flexibility index (Phi) is 9.29. The monoisotopic (exact) mass is 416 g/mol. The highest BCUT2D eigenvalue weighted by Gasteiger charge is 2.30. The predicted molar refractivity (Wildman–Crippen MR) is 127 cm³/mol. The third-order valence-electron chi connectivity index (χ3n) is 8.02. The zero-order valence-electron chi connectivity index (χ0n) is 20.3. The summed E-state index contributed by atoms with van der Waals surface area (Å²) < 4.78 is 0. The number of likely N-dealkylation sites (tertiary alicyclic amines) is 2. The van der Waals surface area contributed by atoms with Crippen LogP contribution >= 0.6 is 0 Å². The minimum absolute atomic E-state index is 0.136. The van der Waals surface area contributed by atoms with Gasteiger partial charge in [0.25, 0.3) is 0 Å². The third kappa shape index (κ3) is 7.11. The maximum absolute atomic E-state index is 13.2. The van der Waals surface area contributed by atoms with Crippen molar-refractivity contribution >= 4 is 5.91 Å². The van der Waals surface area contributed by atoms with E-state index in [0.717, 1.165) is 37.3 Å². The Morgan fingerprint density at radius 1 is 0.833 bits per heavy atom. The largest absolute Gasteiger partial charge is 0.342 e. The van der Waals surface area contributed by atoms with Crippen molar-refractivity contribution in [3.63, 3.8) is 0 Å². The van der Waals surface area contributed by atoms with Crippen LogP contribution in [0.5, 0.6) is 0 Å². The first-order valence-electron chi connectivity index (χ1n) is 13.1. The van der Waals surface area contributed by atoms with Gasteiger partial charge in [-0.25, -0.2) is 0 Å². The van der Waals surface area contributed by atoms with Crippen LogP contribution in [0.15, 0.2) is 12.2 Å². The molecule has 0 aromatic carbocycles. The van der Waals surface area contributed by atoms with Crippen molar-refractivity contribution in [2.24, 2.45) is 29.6 Å². The van der Waals surface area contributed by atoms with Gasteiger partial charge in [-0.15, -0.1) is 0 Å². The van der Waals surface area contributed by atoms with Crippen molar-refractivity contribution in [2.45, 2.75) is 97.9 Å². The number of rotatable bonds is 6. The number of allylic oxidation sites excluding steroid dienone is 1. The summed E-state index contributed by atoms with van der Waals surface area (Å²) in [6.45, 7) is 13.8. The molecule has 0 aromatic rings. The second-order valence-electron chi connectivity index (χ2n) is 11.2. The van der Waals surface area contributed by atoms with E-state index in [-0.39, 0.29) is 5.92 Å². The summed E-state index contributed by atoms with van der Waals surface area (Å²) in [5.41, 5.74) is 0. The molecule has 0 N–H and O–H groups in total. The first kappa shape index (κ1) is 23.8. The normalized spacial score (nSPS) is 29.2. The van der Waals surface area contributed by atoms with Crippen LogP contribution in [0.4, 0.5) is 0 Å². The molecule has 1 amide bonds. The topological polar surface area (TPSA) is 23.6 Å². The number of nitrogens with zero attached hydrogens (tertiary/aromatic N) is 2. The predicted octanol–water partition coefficient (Wildman–Crippen LogP) is 6.14. The molecular formula is C27H48N2O. The van der Waals surface area contributed by atoms with Gasteiger partial charge in [-0.2, -0.15) is 0 Å². The highest BCUT2D eigenvalue weighted by atomic mass is 16.2. The quantitative estimate of drug-likeness (QED) is 0.485. The molecule has 2 fully saturated rings. The molecule has 0 spiro atoms. The maximum Gasteiger partial charge on any atom is 0.229 e. The van der Waals surface area contributed by atoms with E-state index in [0.29, 0.717) is 17.9 Å². The van der Waals surface area contributed by atoms with E-state index in [9.17, 15) is 4.79 Å².